The molecular formula is C12H16I2N2O2. The fourth-order valence-electron chi connectivity index (χ4n) is 1.64. The summed E-state index contributed by atoms with van der Waals surface area (Å²) < 4.78 is 6.97. The maximum Gasteiger partial charge on any atom is 0.415 e. The molecule has 0 spiro atoms. The monoisotopic (exact) mass is 474 g/mol. The van der Waals surface area contributed by atoms with Gasteiger partial charge in [-0.2, -0.15) is 0 Å². The lowest BCUT2D eigenvalue weighted by atomic mass is 10.2. The summed E-state index contributed by atoms with van der Waals surface area (Å²) in [6.45, 7) is 7.88. The molecule has 1 heterocycles. The zero-order valence-corrected chi connectivity index (χ0v) is 15.1. The molecule has 1 aromatic rings. The summed E-state index contributed by atoms with van der Waals surface area (Å²) in [6.07, 6.45) is -0.332. The van der Waals surface area contributed by atoms with Gasteiger partial charge in [0, 0.05) is 12.1 Å². The van der Waals surface area contributed by atoms with Gasteiger partial charge in [-0.25, -0.2) is 9.78 Å². The molecule has 0 bridgehead atoms. The third kappa shape index (κ3) is 4.22. The van der Waals surface area contributed by atoms with Crippen LogP contribution in [0.3, 0.4) is 0 Å². The predicted molar refractivity (Wildman–Crippen MR) is 87.8 cm³/mol. The van der Waals surface area contributed by atoms with Crippen molar-refractivity contribution in [2.45, 2.75) is 39.8 Å². The first-order chi connectivity index (χ1) is 8.32. The van der Waals surface area contributed by atoms with Crippen LogP contribution in [0.15, 0.2) is 12.1 Å². The van der Waals surface area contributed by atoms with E-state index in [9.17, 15) is 4.79 Å². The Kier molecular flexibility index (Phi) is 6.09. The van der Waals surface area contributed by atoms with Gasteiger partial charge in [0.2, 0.25) is 0 Å². The lowest BCUT2D eigenvalue weighted by Gasteiger charge is -2.29. The van der Waals surface area contributed by atoms with Crippen LogP contribution in [0.2, 0.25) is 0 Å². The number of carbonyl (C=O) groups is 1. The highest BCUT2D eigenvalue weighted by molar-refractivity contribution is 14.1. The number of halogens is 2. The molecule has 0 saturated heterocycles. The van der Waals surface area contributed by atoms with Crippen LogP contribution in [0.1, 0.15) is 27.7 Å². The van der Waals surface area contributed by atoms with Crippen molar-refractivity contribution in [3.8, 4) is 5.75 Å². The Balaban J connectivity index is 2.86. The minimum atomic E-state index is -0.332. The summed E-state index contributed by atoms with van der Waals surface area (Å²) in [6, 6.07) is 3.80. The summed E-state index contributed by atoms with van der Waals surface area (Å²) in [5.41, 5.74) is 0. The van der Waals surface area contributed by atoms with Gasteiger partial charge in [-0.15, -0.1) is 0 Å². The molecule has 100 valence electrons. The molecule has 0 radical (unpaired) electrons. The molecule has 0 aliphatic rings. The number of amides is 1. The van der Waals surface area contributed by atoms with Crippen molar-refractivity contribution < 1.29 is 9.53 Å². The minimum absolute atomic E-state index is 0.104. The first kappa shape index (κ1) is 15.9. The minimum Gasteiger partial charge on any atom is -0.407 e. The Morgan fingerprint density at radius 2 is 1.78 bits per heavy atom. The molecular weight excluding hydrogens is 458 g/mol. The van der Waals surface area contributed by atoms with Gasteiger partial charge in [-0.3, -0.25) is 0 Å². The van der Waals surface area contributed by atoms with Crippen molar-refractivity contribution in [1.82, 2.24) is 9.88 Å². The normalized spacial score (nSPS) is 10.9. The summed E-state index contributed by atoms with van der Waals surface area (Å²) in [4.78, 5) is 18.1. The number of ether oxygens (including phenoxy) is 1. The van der Waals surface area contributed by atoms with Gasteiger partial charge in [0.1, 0.15) is 7.40 Å². The molecule has 0 saturated carbocycles. The topological polar surface area (TPSA) is 42.4 Å². The van der Waals surface area contributed by atoms with Gasteiger partial charge >= 0.3 is 6.09 Å². The molecule has 18 heavy (non-hydrogen) atoms. The highest BCUT2D eigenvalue weighted by Crippen LogP contribution is 2.21. The van der Waals surface area contributed by atoms with Crippen LogP contribution >= 0.6 is 45.2 Å². The number of carbonyl (C=O) groups excluding carboxylic acids is 1. The second-order valence-electron chi connectivity index (χ2n) is 4.39. The molecule has 6 heteroatoms. The van der Waals surface area contributed by atoms with E-state index in [-0.39, 0.29) is 18.2 Å². The van der Waals surface area contributed by atoms with Crippen molar-refractivity contribution in [2.24, 2.45) is 0 Å². The molecule has 0 aliphatic carbocycles. The summed E-state index contributed by atoms with van der Waals surface area (Å²) in [7, 11) is 0. The Bertz CT molecular complexity index is 428. The van der Waals surface area contributed by atoms with Crippen LogP contribution < -0.4 is 4.74 Å². The number of hydrogen-bond acceptors (Lipinski definition) is 3. The molecule has 4 nitrogen and oxygen atoms in total. The van der Waals surface area contributed by atoms with E-state index in [1.165, 1.54) is 0 Å². The first-order valence-electron chi connectivity index (χ1n) is 5.65. The SMILES string of the molecule is CC(C)N(C(=O)Oc1ccc(I)nc1I)C(C)C. The molecule has 0 unspecified atom stereocenters. The lowest BCUT2D eigenvalue weighted by Crippen LogP contribution is -2.43. The third-order valence-electron chi connectivity index (χ3n) is 2.30. The molecule has 0 atom stereocenters. The maximum atomic E-state index is 12.1. The second kappa shape index (κ2) is 6.88. The second-order valence-corrected chi connectivity index (χ2v) is 6.51. The third-order valence-corrected chi connectivity index (χ3v) is 3.67. The molecule has 0 aliphatic heterocycles. The van der Waals surface area contributed by atoms with Crippen molar-refractivity contribution in [3.63, 3.8) is 0 Å². The Hall–Kier alpha value is -0.120. The zero-order chi connectivity index (χ0) is 13.9. The van der Waals surface area contributed by atoms with E-state index in [0.29, 0.717) is 9.45 Å². The average molecular weight is 474 g/mol. The van der Waals surface area contributed by atoms with E-state index in [1.807, 2.05) is 33.8 Å². The van der Waals surface area contributed by atoms with Gasteiger partial charge in [0.25, 0.3) is 0 Å². The number of aromatic nitrogens is 1. The van der Waals surface area contributed by atoms with Crippen LogP contribution in [0.4, 0.5) is 4.79 Å². The van der Waals surface area contributed by atoms with Gasteiger partial charge in [-0.1, -0.05) is 0 Å². The van der Waals surface area contributed by atoms with Gasteiger partial charge < -0.3 is 9.64 Å². The van der Waals surface area contributed by atoms with Crippen molar-refractivity contribution in [2.75, 3.05) is 0 Å². The Morgan fingerprint density at radius 3 is 2.22 bits per heavy atom. The first-order valence-corrected chi connectivity index (χ1v) is 7.81. The lowest BCUT2D eigenvalue weighted by molar-refractivity contribution is 0.122. The summed E-state index contributed by atoms with van der Waals surface area (Å²) in [5.74, 6) is 0.507. The van der Waals surface area contributed by atoms with E-state index in [2.05, 4.69) is 50.2 Å². The van der Waals surface area contributed by atoms with Crippen LogP contribution in [0, 0.1) is 7.40 Å². The van der Waals surface area contributed by atoms with E-state index in [4.69, 9.17) is 4.74 Å². The molecule has 1 rings (SSSR count). The summed E-state index contributed by atoms with van der Waals surface area (Å²) in [5, 5.41) is 0. The van der Waals surface area contributed by atoms with Gasteiger partial charge in [-0.05, 0) is 85.0 Å². The molecule has 0 aromatic carbocycles. The maximum absolute atomic E-state index is 12.1. The fraction of sp³-hybridized carbons (Fsp3) is 0.500. The standard InChI is InChI=1S/C12H16I2N2O2/c1-7(2)16(8(3)4)12(17)18-9-5-6-10(13)15-11(9)14/h5-8H,1-4H3. The van der Waals surface area contributed by atoms with Crippen LogP contribution in [0.25, 0.3) is 0 Å². The molecule has 0 fully saturated rings. The van der Waals surface area contributed by atoms with Crippen molar-refractivity contribution in [3.05, 3.63) is 19.5 Å². The van der Waals surface area contributed by atoms with Gasteiger partial charge in [0.05, 0.1) is 0 Å². The van der Waals surface area contributed by atoms with E-state index in [1.54, 1.807) is 11.0 Å². The zero-order valence-electron chi connectivity index (χ0n) is 10.8. The van der Waals surface area contributed by atoms with Crippen LogP contribution in [-0.4, -0.2) is 28.1 Å². The predicted octanol–water partition coefficient (Wildman–Crippen LogP) is 3.91. The Labute approximate surface area is 135 Å². The molecule has 1 aromatic heterocycles. The number of pyridine rings is 1. The highest BCUT2D eigenvalue weighted by Gasteiger charge is 2.22. The van der Waals surface area contributed by atoms with Crippen molar-refractivity contribution >= 4 is 51.3 Å². The molecule has 1 amide bonds. The Morgan fingerprint density at radius 1 is 1.22 bits per heavy atom. The average Bonchev–Trinajstić information content (AvgIpc) is 2.21. The van der Waals surface area contributed by atoms with E-state index >= 15 is 0 Å². The summed E-state index contributed by atoms with van der Waals surface area (Å²) >= 11 is 4.19. The van der Waals surface area contributed by atoms with Crippen LogP contribution in [-0.2, 0) is 0 Å². The van der Waals surface area contributed by atoms with E-state index < -0.39 is 0 Å². The smallest absolute Gasteiger partial charge is 0.407 e. The number of nitrogens with zero attached hydrogens (tertiary/aromatic N) is 2. The van der Waals surface area contributed by atoms with Crippen molar-refractivity contribution in [1.29, 1.82) is 0 Å². The van der Waals surface area contributed by atoms with E-state index in [0.717, 1.165) is 3.70 Å². The van der Waals surface area contributed by atoms with Gasteiger partial charge in [0.15, 0.2) is 5.75 Å². The van der Waals surface area contributed by atoms with Crippen LogP contribution in [0.5, 0.6) is 5.75 Å². The number of rotatable bonds is 3. The quantitative estimate of drug-likeness (QED) is 0.493. The fourth-order valence-corrected chi connectivity index (χ4v) is 3.07. The highest BCUT2D eigenvalue weighted by atomic mass is 127. The largest absolute Gasteiger partial charge is 0.415 e. The molecule has 0 N–H and O–H groups in total. The number of hydrogen-bond donors (Lipinski definition) is 0.